The minimum absolute atomic E-state index is 0.111. The van der Waals surface area contributed by atoms with Crippen LogP contribution in [0.2, 0.25) is 0 Å². The van der Waals surface area contributed by atoms with Crippen LogP contribution in [-0.4, -0.2) is 19.4 Å². The molecule has 1 fully saturated rings. The molecule has 0 aliphatic carbocycles. The fourth-order valence-electron chi connectivity index (χ4n) is 0.581. The third kappa shape index (κ3) is 0.942. The van der Waals surface area contributed by atoms with E-state index in [0.717, 1.165) is 13.1 Å². The lowest BCUT2D eigenvalue weighted by Gasteiger charge is -1.97. The monoisotopic (exact) mass is 100 g/mol. The van der Waals surface area contributed by atoms with Gasteiger partial charge in [-0.05, 0) is 0 Å². The highest BCUT2D eigenvalue weighted by Crippen LogP contribution is 1.82. The standard InChI is InChI=1S/C3H8N4/c4-7-3-5-1-2-6-3/h3-6H,1-2H2. The molecule has 7 heavy (non-hydrogen) atoms. The second-order valence-electron chi connectivity index (χ2n) is 1.44. The Morgan fingerprint density at radius 3 is 2.29 bits per heavy atom. The zero-order valence-electron chi connectivity index (χ0n) is 3.94. The van der Waals surface area contributed by atoms with Crippen LogP contribution in [0.25, 0.3) is 0 Å². The summed E-state index contributed by atoms with van der Waals surface area (Å²) in [6, 6.07) is 0. The maximum atomic E-state index is 6.50. The Balaban J connectivity index is 2.26. The van der Waals surface area contributed by atoms with E-state index in [1.807, 2.05) is 0 Å². The first kappa shape index (κ1) is 4.67. The summed E-state index contributed by atoms with van der Waals surface area (Å²) in [5.74, 6) is 0. The Morgan fingerprint density at radius 2 is 2.00 bits per heavy atom. The molecule has 0 spiro atoms. The van der Waals surface area contributed by atoms with Crippen molar-refractivity contribution in [3.05, 3.63) is 0 Å². The van der Waals surface area contributed by atoms with Crippen molar-refractivity contribution < 1.29 is 0 Å². The largest absolute Gasteiger partial charge is 0.281 e. The van der Waals surface area contributed by atoms with E-state index in [1.54, 1.807) is 0 Å². The Hall–Kier alpha value is -0.480. The first-order valence-corrected chi connectivity index (χ1v) is 2.27. The van der Waals surface area contributed by atoms with Crippen molar-refractivity contribution in [2.45, 2.75) is 6.29 Å². The molecule has 0 aromatic heterocycles. The normalized spacial score (nSPS) is 22.9. The molecule has 0 saturated carbocycles. The van der Waals surface area contributed by atoms with Gasteiger partial charge in [-0.3, -0.25) is 10.6 Å². The number of nitrogens with zero attached hydrogens (tertiary/aromatic N) is 1. The van der Waals surface area contributed by atoms with Gasteiger partial charge < -0.3 is 0 Å². The van der Waals surface area contributed by atoms with Gasteiger partial charge in [-0.25, -0.2) is 5.53 Å². The molecule has 1 heterocycles. The molecule has 4 nitrogen and oxygen atoms in total. The maximum absolute atomic E-state index is 6.50. The van der Waals surface area contributed by atoms with Gasteiger partial charge in [0.1, 0.15) is 0 Å². The summed E-state index contributed by atoms with van der Waals surface area (Å²) in [6.45, 7) is 1.85. The van der Waals surface area contributed by atoms with Gasteiger partial charge in [-0.1, -0.05) is 0 Å². The number of hydrogen-bond donors (Lipinski definition) is 3. The van der Waals surface area contributed by atoms with Gasteiger partial charge in [0.2, 0.25) is 0 Å². The molecule has 1 aliphatic rings. The predicted molar refractivity (Wildman–Crippen MR) is 24.9 cm³/mol. The summed E-state index contributed by atoms with van der Waals surface area (Å²) in [4.78, 5) is 0. The van der Waals surface area contributed by atoms with E-state index in [0.29, 0.717) is 0 Å². The van der Waals surface area contributed by atoms with E-state index >= 15 is 0 Å². The second kappa shape index (κ2) is 1.99. The Kier molecular flexibility index (Phi) is 1.33. The Morgan fingerprint density at radius 1 is 1.43 bits per heavy atom. The fourth-order valence-corrected chi connectivity index (χ4v) is 0.581. The predicted octanol–water partition coefficient (Wildman–Crippen LogP) is -0.506. The summed E-state index contributed by atoms with van der Waals surface area (Å²) in [7, 11) is 0. The van der Waals surface area contributed by atoms with Crippen molar-refractivity contribution in [1.29, 1.82) is 5.53 Å². The highest BCUT2D eigenvalue weighted by molar-refractivity contribution is 4.66. The van der Waals surface area contributed by atoms with Crippen molar-refractivity contribution in [2.75, 3.05) is 13.1 Å². The van der Waals surface area contributed by atoms with E-state index < -0.39 is 0 Å². The molecule has 40 valence electrons. The molecule has 0 aromatic carbocycles. The molecular weight excluding hydrogens is 92.1 g/mol. The third-order valence-electron chi connectivity index (χ3n) is 0.929. The molecule has 1 aliphatic heterocycles. The minimum atomic E-state index is -0.111. The molecule has 1 rings (SSSR count). The lowest BCUT2D eigenvalue weighted by molar-refractivity contribution is 0.541. The van der Waals surface area contributed by atoms with Crippen LogP contribution < -0.4 is 10.6 Å². The van der Waals surface area contributed by atoms with Gasteiger partial charge in [-0.15, -0.1) is 0 Å². The molecule has 4 heteroatoms. The maximum Gasteiger partial charge on any atom is 0.173 e. The van der Waals surface area contributed by atoms with Gasteiger partial charge in [-0.2, -0.15) is 5.11 Å². The molecular formula is C3H8N4. The average molecular weight is 100 g/mol. The highest BCUT2D eigenvalue weighted by atomic mass is 15.3. The van der Waals surface area contributed by atoms with E-state index in [9.17, 15) is 0 Å². The molecule has 0 aromatic rings. The smallest absolute Gasteiger partial charge is 0.173 e. The van der Waals surface area contributed by atoms with Gasteiger partial charge in [0.25, 0.3) is 0 Å². The molecule has 0 bridgehead atoms. The van der Waals surface area contributed by atoms with Crippen LogP contribution in [0.1, 0.15) is 0 Å². The van der Waals surface area contributed by atoms with Crippen molar-refractivity contribution in [3.63, 3.8) is 0 Å². The van der Waals surface area contributed by atoms with Gasteiger partial charge in [0.15, 0.2) is 6.29 Å². The molecule has 0 radical (unpaired) electrons. The zero-order chi connectivity index (χ0) is 5.11. The molecule has 1 saturated heterocycles. The first-order chi connectivity index (χ1) is 3.43. The van der Waals surface area contributed by atoms with Gasteiger partial charge in [0.05, 0.1) is 0 Å². The Bertz CT molecular complexity index is 65.3. The summed E-state index contributed by atoms with van der Waals surface area (Å²) in [5.41, 5.74) is 6.50. The van der Waals surface area contributed by atoms with E-state index in [2.05, 4.69) is 15.7 Å². The van der Waals surface area contributed by atoms with Crippen molar-refractivity contribution >= 4 is 0 Å². The van der Waals surface area contributed by atoms with Crippen LogP contribution in [0, 0.1) is 5.53 Å². The highest BCUT2D eigenvalue weighted by Gasteiger charge is 2.08. The third-order valence-corrected chi connectivity index (χ3v) is 0.929. The molecule has 0 amide bonds. The molecule has 3 N–H and O–H groups in total. The fraction of sp³-hybridized carbons (Fsp3) is 1.00. The minimum Gasteiger partial charge on any atom is -0.281 e. The van der Waals surface area contributed by atoms with Crippen molar-refractivity contribution in [2.24, 2.45) is 5.11 Å². The van der Waals surface area contributed by atoms with Crippen LogP contribution >= 0.6 is 0 Å². The topological polar surface area (TPSA) is 60.3 Å². The summed E-state index contributed by atoms with van der Waals surface area (Å²) in [6.07, 6.45) is -0.111. The van der Waals surface area contributed by atoms with E-state index in [-0.39, 0.29) is 6.29 Å². The van der Waals surface area contributed by atoms with Gasteiger partial charge in [0, 0.05) is 13.1 Å². The zero-order valence-corrected chi connectivity index (χ0v) is 3.94. The summed E-state index contributed by atoms with van der Waals surface area (Å²) >= 11 is 0. The van der Waals surface area contributed by atoms with Crippen LogP contribution in [0.4, 0.5) is 0 Å². The van der Waals surface area contributed by atoms with Crippen LogP contribution in [0.5, 0.6) is 0 Å². The van der Waals surface area contributed by atoms with E-state index in [1.165, 1.54) is 0 Å². The van der Waals surface area contributed by atoms with E-state index in [4.69, 9.17) is 5.53 Å². The summed E-state index contributed by atoms with van der Waals surface area (Å²) < 4.78 is 0. The van der Waals surface area contributed by atoms with Crippen molar-refractivity contribution in [1.82, 2.24) is 10.6 Å². The molecule has 0 unspecified atom stereocenters. The summed E-state index contributed by atoms with van der Waals surface area (Å²) in [5, 5.41) is 9.10. The Labute approximate surface area is 41.8 Å². The van der Waals surface area contributed by atoms with Crippen LogP contribution in [0.15, 0.2) is 5.11 Å². The second-order valence-corrected chi connectivity index (χ2v) is 1.44. The quantitative estimate of drug-likeness (QED) is 0.389. The van der Waals surface area contributed by atoms with Crippen LogP contribution in [0.3, 0.4) is 0 Å². The van der Waals surface area contributed by atoms with Gasteiger partial charge >= 0.3 is 0 Å². The lowest BCUT2D eigenvalue weighted by atomic mass is 10.7. The van der Waals surface area contributed by atoms with Crippen molar-refractivity contribution in [3.8, 4) is 0 Å². The average Bonchev–Trinajstić information content (AvgIpc) is 2.14. The molecule has 0 atom stereocenters. The number of hydrogen-bond acceptors (Lipinski definition) is 4. The van der Waals surface area contributed by atoms with Crippen LogP contribution in [-0.2, 0) is 0 Å². The lowest BCUT2D eigenvalue weighted by Crippen LogP contribution is -2.27. The number of rotatable bonds is 1. The first-order valence-electron chi connectivity index (χ1n) is 2.27. The SMILES string of the molecule is N=NC1NCCN1. The number of nitrogens with one attached hydrogen (secondary N) is 3.